The molecule has 0 atom stereocenters. The van der Waals surface area contributed by atoms with Crippen LogP contribution in [0.5, 0.6) is 0 Å². The molecule has 0 spiro atoms. The molecule has 0 unspecified atom stereocenters. The molecule has 0 saturated heterocycles. The first-order valence-corrected chi connectivity index (χ1v) is 3.91. The van der Waals surface area contributed by atoms with Crippen LogP contribution in [-0.2, 0) is 0 Å². The lowest BCUT2D eigenvalue weighted by Gasteiger charge is -1.97. The summed E-state index contributed by atoms with van der Waals surface area (Å²) >= 11 is 4.07. The maximum Gasteiger partial charge on any atom is 0.263 e. The molecule has 0 aliphatic heterocycles. The van der Waals surface area contributed by atoms with E-state index in [1.165, 1.54) is 12.2 Å². The number of hydrogen-bond donors (Lipinski definition) is 1. The maximum atomic E-state index is 11.9. The topological polar surface area (TPSA) is 0 Å². The van der Waals surface area contributed by atoms with Crippen LogP contribution in [0.3, 0.4) is 0 Å². The van der Waals surface area contributed by atoms with Gasteiger partial charge in [0.25, 0.3) is 6.43 Å². The number of alkyl halides is 2. The number of allylic oxidation sites excluding steroid dienone is 4. The number of halogens is 2. The van der Waals surface area contributed by atoms with Gasteiger partial charge in [0.2, 0.25) is 0 Å². The fraction of sp³-hybridized carbons (Fsp3) is 0.333. The molecule has 0 aliphatic carbocycles. The Morgan fingerprint density at radius 3 is 2.17 bits per heavy atom. The van der Waals surface area contributed by atoms with Gasteiger partial charge in [-0.25, -0.2) is 8.78 Å². The molecule has 0 saturated carbocycles. The van der Waals surface area contributed by atoms with Gasteiger partial charge in [0.05, 0.1) is 0 Å². The minimum absolute atomic E-state index is 0.192. The van der Waals surface area contributed by atoms with E-state index in [0.717, 1.165) is 5.57 Å². The second-order valence-corrected chi connectivity index (χ2v) is 3.08. The Hall–Kier alpha value is -0.570. The molecule has 0 amide bonds. The molecule has 0 aliphatic rings. The van der Waals surface area contributed by atoms with Crippen molar-refractivity contribution in [1.29, 1.82) is 0 Å². The SMILES string of the molecule is C=C(/C=C\C(S)=C(C)C)C(F)F. The van der Waals surface area contributed by atoms with E-state index in [1.807, 2.05) is 13.8 Å². The summed E-state index contributed by atoms with van der Waals surface area (Å²) in [5.41, 5.74) is 0.791. The molecular weight excluding hydrogens is 178 g/mol. The summed E-state index contributed by atoms with van der Waals surface area (Å²) in [6.45, 7) is 6.91. The van der Waals surface area contributed by atoms with Crippen LogP contribution in [0.15, 0.2) is 34.8 Å². The Bertz CT molecular complexity index is 223. The third-order valence-electron chi connectivity index (χ3n) is 1.25. The van der Waals surface area contributed by atoms with Crippen molar-refractivity contribution in [2.45, 2.75) is 20.3 Å². The summed E-state index contributed by atoms with van der Waals surface area (Å²) in [4.78, 5) is 0.691. The molecule has 0 aromatic rings. The molecular formula is C9H12F2S. The number of rotatable bonds is 3. The highest BCUT2D eigenvalue weighted by Crippen LogP contribution is 2.13. The van der Waals surface area contributed by atoms with Crippen LogP contribution in [0.4, 0.5) is 8.78 Å². The van der Waals surface area contributed by atoms with Crippen molar-refractivity contribution in [1.82, 2.24) is 0 Å². The lowest BCUT2D eigenvalue weighted by atomic mass is 10.2. The van der Waals surface area contributed by atoms with Crippen molar-refractivity contribution in [3.05, 3.63) is 34.8 Å². The average Bonchev–Trinajstić information content (AvgIpc) is 1.98. The quantitative estimate of drug-likeness (QED) is 0.510. The summed E-state index contributed by atoms with van der Waals surface area (Å²) in [5, 5.41) is 0. The van der Waals surface area contributed by atoms with E-state index in [-0.39, 0.29) is 5.57 Å². The molecule has 0 radical (unpaired) electrons. The summed E-state index contributed by atoms with van der Waals surface area (Å²) < 4.78 is 23.8. The van der Waals surface area contributed by atoms with E-state index in [9.17, 15) is 8.78 Å². The minimum Gasteiger partial charge on any atom is -0.205 e. The molecule has 0 nitrogen and oxygen atoms in total. The van der Waals surface area contributed by atoms with Gasteiger partial charge in [-0.1, -0.05) is 18.2 Å². The van der Waals surface area contributed by atoms with Crippen LogP contribution < -0.4 is 0 Å². The maximum absolute atomic E-state index is 11.9. The second kappa shape index (κ2) is 5.14. The van der Waals surface area contributed by atoms with Crippen molar-refractivity contribution in [3.8, 4) is 0 Å². The van der Waals surface area contributed by atoms with Gasteiger partial charge >= 0.3 is 0 Å². The largest absolute Gasteiger partial charge is 0.263 e. The number of thiol groups is 1. The summed E-state index contributed by atoms with van der Waals surface area (Å²) in [7, 11) is 0. The second-order valence-electron chi connectivity index (χ2n) is 2.59. The van der Waals surface area contributed by atoms with Crippen molar-refractivity contribution < 1.29 is 8.78 Å². The van der Waals surface area contributed by atoms with Crippen LogP contribution in [0, 0.1) is 0 Å². The highest BCUT2D eigenvalue weighted by atomic mass is 32.1. The first-order valence-electron chi connectivity index (χ1n) is 3.46. The normalized spacial score (nSPS) is 10.8. The average molecular weight is 190 g/mol. The molecule has 0 rings (SSSR count). The van der Waals surface area contributed by atoms with E-state index in [4.69, 9.17) is 0 Å². The zero-order valence-corrected chi connectivity index (χ0v) is 8.04. The Morgan fingerprint density at radius 1 is 1.33 bits per heavy atom. The smallest absolute Gasteiger partial charge is 0.205 e. The fourth-order valence-corrected chi connectivity index (χ4v) is 0.500. The van der Waals surface area contributed by atoms with Crippen LogP contribution in [0.1, 0.15) is 13.8 Å². The summed E-state index contributed by atoms with van der Waals surface area (Å²) in [6, 6.07) is 0. The van der Waals surface area contributed by atoms with E-state index in [1.54, 1.807) is 0 Å². The molecule has 3 heteroatoms. The van der Waals surface area contributed by atoms with Gasteiger partial charge in [-0.15, -0.1) is 12.6 Å². The van der Waals surface area contributed by atoms with Gasteiger partial charge in [0.1, 0.15) is 0 Å². The van der Waals surface area contributed by atoms with Crippen molar-refractivity contribution in [2.24, 2.45) is 0 Å². The molecule has 0 aromatic heterocycles. The molecule has 0 aromatic carbocycles. The van der Waals surface area contributed by atoms with Crippen molar-refractivity contribution in [3.63, 3.8) is 0 Å². The molecule has 0 heterocycles. The highest BCUT2D eigenvalue weighted by molar-refractivity contribution is 7.84. The Morgan fingerprint density at radius 2 is 1.83 bits per heavy atom. The van der Waals surface area contributed by atoms with E-state index in [2.05, 4.69) is 19.2 Å². The van der Waals surface area contributed by atoms with Crippen LogP contribution in [0.2, 0.25) is 0 Å². The van der Waals surface area contributed by atoms with Crippen molar-refractivity contribution >= 4 is 12.6 Å². The predicted octanol–water partition coefficient (Wildman–Crippen LogP) is 3.59. The third kappa shape index (κ3) is 4.34. The monoisotopic (exact) mass is 190 g/mol. The zero-order valence-electron chi connectivity index (χ0n) is 7.14. The van der Waals surface area contributed by atoms with Crippen molar-refractivity contribution in [2.75, 3.05) is 0 Å². The third-order valence-corrected chi connectivity index (χ3v) is 1.84. The van der Waals surface area contributed by atoms with E-state index in [0.29, 0.717) is 4.91 Å². The number of hydrogen-bond acceptors (Lipinski definition) is 1. The molecule has 0 N–H and O–H groups in total. The van der Waals surface area contributed by atoms with Crippen LogP contribution >= 0.6 is 12.6 Å². The molecule has 12 heavy (non-hydrogen) atoms. The molecule has 68 valence electrons. The van der Waals surface area contributed by atoms with Gasteiger partial charge in [-0.2, -0.15) is 0 Å². The highest BCUT2D eigenvalue weighted by Gasteiger charge is 2.03. The van der Waals surface area contributed by atoms with Crippen LogP contribution in [-0.4, -0.2) is 6.43 Å². The van der Waals surface area contributed by atoms with Gasteiger partial charge in [0.15, 0.2) is 0 Å². The Balaban J connectivity index is 4.27. The summed E-state index contributed by atoms with van der Waals surface area (Å²) in [5.74, 6) is 0. The molecule has 0 bridgehead atoms. The van der Waals surface area contributed by atoms with Gasteiger partial charge in [-0.3, -0.25) is 0 Å². The minimum atomic E-state index is -2.49. The Labute approximate surface area is 77.1 Å². The Kier molecular flexibility index (Phi) is 4.90. The molecule has 0 fully saturated rings. The zero-order chi connectivity index (χ0) is 9.72. The van der Waals surface area contributed by atoms with Gasteiger partial charge in [0, 0.05) is 10.5 Å². The van der Waals surface area contributed by atoms with Gasteiger partial charge in [-0.05, 0) is 19.9 Å². The lowest BCUT2D eigenvalue weighted by molar-refractivity contribution is 0.194. The first-order chi connectivity index (χ1) is 5.45. The van der Waals surface area contributed by atoms with E-state index >= 15 is 0 Å². The van der Waals surface area contributed by atoms with Crippen LogP contribution in [0.25, 0.3) is 0 Å². The first kappa shape index (κ1) is 11.4. The predicted molar refractivity (Wildman–Crippen MR) is 51.6 cm³/mol. The summed E-state index contributed by atoms with van der Waals surface area (Å²) in [6.07, 6.45) is 0.312. The fourth-order valence-electron chi connectivity index (χ4n) is 0.425. The lowest BCUT2D eigenvalue weighted by Crippen LogP contribution is -1.90. The van der Waals surface area contributed by atoms with E-state index < -0.39 is 6.43 Å². The van der Waals surface area contributed by atoms with Gasteiger partial charge < -0.3 is 0 Å². The standard InChI is InChI=1S/C9H12F2S/c1-6(2)8(12)5-4-7(3)9(10)11/h4-5,9,12H,3H2,1-2H3/b5-4-.